The van der Waals surface area contributed by atoms with Crippen LogP contribution < -0.4 is 14.5 Å². The molecule has 0 radical (unpaired) electrons. The topological polar surface area (TPSA) is 67.8 Å². The Labute approximate surface area is 140 Å². The lowest BCUT2D eigenvalue weighted by atomic mass is 10.2. The van der Waals surface area contributed by atoms with Crippen LogP contribution >= 0.6 is 0 Å². The number of rotatable bonds is 4. The first-order chi connectivity index (χ1) is 11.7. The van der Waals surface area contributed by atoms with Gasteiger partial charge in [-0.2, -0.15) is 0 Å². The number of esters is 1. The largest absolute Gasteiger partial charge is 0.478 e. The van der Waals surface area contributed by atoms with Gasteiger partial charge in [0.05, 0.1) is 19.8 Å². The maximum atomic E-state index is 11.5. The highest BCUT2D eigenvalue weighted by molar-refractivity contribution is 5.89. The van der Waals surface area contributed by atoms with Gasteiger partial charge in [0.15, 0.2) is 5.82 Å². The first kappa shape index (κ1) is 16.0. The molecule has 126 valence electrons. The van der Waals surface area contributed by atoms with E-state index in [1.807, 2.05) is 12.1 Å². The maximum Gasteiger partial charge on any atom is 0.337 e. The molecule has 0 aliphatic carbocycles. The Morgan fingerprint density at radius 3 is 2.21 bits per heavy atom. The highest BCUT2D eigenvalue weighted by Crippen LogP contribution is 2.25. The Kier molecular flexibility index (Phi) is 4.79. The van der Waals surface area contributed by atoms with Crippen molar-refractivity contribution in [3.63, 3.8) is 0 Å². The molecule has 1 aliphatic heterocycles. The summed E-state index contributed by atoms with van der Waals surface area (Å²) in [5, 5.41) is 0. The van der Waals surface area contributed by atoms with Crippen LogP contribution in [0.2, 0.25) is 0 Å². The Morgan fingerprint density at radius 2 is 1.58 bits per heavy atom. The molecule has 1 aliphatic rings. The molecule has 24 heavy (non-hydrogen) atoms. The van der Waals surface area contributed by atoms with Crippen LogP contribution in [0.15, 0.2) is 36.7 Å². The van der Waals surface area contributed by atoms with Gasteiger partial charge < -0.3 is 19.3 Å². The highest BCUT2D eigenvalue weighted by atomic mass is 16.5. The van der Waals surface area contributed by atoms with Crippen molar-refractivity contribution in [2.45, 2.75) is 0 Å². The van der Waals surface area contributed by atoms with E-state index in [-0.39, 0.29) is 5.97 Å². The molecule has 1 aromatic heterocycles. The Hall–Kier alpha value is -2.83. The van der Waals surface area contributed by atoms with Crippen LogP contribution in [0.4, 0.5) is 11.5 Å². The highest BCUT2D eigenvalue weighted by Gasteiger charge is 2.21. The zero-order valence-electron chi connectivity index (χ0n) is 13.8. The molecular formula is C17H20N4O3. The van der Waals surface area contributed by atoms with E-state index in [1.165, 1.54) is 7.11 Å². The Balaban J connectivity index is 1.65. The second-order valence-electron chi connectivity index (χ2n) is 5.40. The van der Waals surface area contributed by atoms with Gasteiger partial charge in [-0.3, -0.25) is 0 Å². The van der Waals surface area contributed by atoms with Crippen LogP contribution in [0.3, 0.4) is 0 Å². The van der Waals surface area contributed by atoms with E-state index in [4.69, 9.17) is 9.47 Å². The van der Waals surface area contributed by atoms with E-state index in [9.17, 15) is 4.79 Å². The fraction of sp³-hybridized carbons (Fsp3) is 0.353. The molecule has 2 heterocycles. The molecule has 1 fully saturated rings. The van der Waals surface area contributed by atoms with Crippen molar-refractivity contribution in [1.82, 2.24) is 9.97 Å². The molecule has 0 atom stereocenters. The third-order valence-electron chi connectivity index (χ3n) is 4.07. The molecule has 7 heteroatoms. The van der Waals surface area contributed by atoms with E-state index in [2.05, 4.69) is 19.8 Å². The second-order valence-corrected chi connectivity index (χ2v) is 5.40. The molecule has 0 unspecified atom stereocenters. The van der Waals surface area contributed by atoms with E-state index in [1.54, 1.807) is 31.6 Å². The number of carbonyl (C=O) groups is 1. The number of hydrogen-bond donors (Lipinski definition) is 0. The summed E-state index contributed by atoms with van der Waals surface area (Å²) in [5.74, 6) is 1.01. The standard InChI is InChI=1S/C17H20N4O3/c1-23-16-15(18-7-8-19-16)21-11-9-20(10-12-21)14-5-3-13(4-6-14)17(22)24-2/h3-8H,9-12H2,1-2H3. The lowest BCUT2D eigenvalue weighted by Gasteiger charge is -2.36. The van der Waals surface area contributed by atoms with E-state index >= 15 is 0 Å². The number of aromatic nitrogens is 2. The number of piperazine rings is 1. The van der Waals surface area contributed by atoms with E-state index < -0.39 is 0 Å². The minimum absolute atomic E-state index is 0.318. The molecule has 7 nitrogen and oxygen atoms in total. The fourth-order valence-corrected chi connectivity index (χ4v) is 2.78. The summed E-state index contributed by atoms with van der Waals surface area (Å²) in [5.41, 5.74) is 1.65. The summed E-state index contributed by atoms with van der Waals surface area (Å²) in [6, 6.07) is 7.48. The molecule has 0 N–H and O–H groups in total. The molecule has 1 aromatic carbocycles. The number of carbonyl (C=O) groups excluding carboxylic acids is 1. The lowest BCUT2D eigenvalue weighted by Crippen LogP contribution is -2.47. The number of ether oxygens (including phenoxy) is 2. The van der Waals surface area contributed by atoms with Gasteiger partial charge in [-0.1, -0.05) is 0 Å². The summed E-state index contributed by atoms with van der Waals surface area (Å²) in [6.45, 7) is 3.37. The third-order valence-corrected chi connectivity index (χ3v) is 4.07. The zero-order chi connectivity index (χ0) is 16.9. The number of nitrogens with zero attached hydrogens (tertiary/aromatic N) is 4. The smallest absolute Gasteiger partial charge is 0.337 e. The minimum atomic E-state index is -0.318. The Bertz CT molecular complexity index is 697. The SMILES string of the molecule is COC(=O)c1ccc(N2CCN(c3nccnc3OC)CC2)cc1. The van der Waals surface area contributed by atoms with Crippen molar-refractivity contribution in [1.29, 1.82) is 0 Å². The number of benzene rings is 1. The van der Waals surface area contributed by atoms with Gasteiger partial charge in [0, 0.05) is 44.3 Å². The predicted molar refractivity (Wildman–Crippen MR) is 90.8 cm³/mol. The van der Waals surface area contributed by atoms with Gasteiger partial charge in [-0.15, -0.1) is 0 Å². The third kappa shape index (κ3) is 3.24. The van der Waals surface area contributed by atoms with Gasteiger partial charge in [-0.25, -0.2) is 14.8 Å². The molecule has 1 saturated heterocycles. The number of methoxy groups -OCH3 is 2. The van der Waals surface area contributed by atoms with Crippen molar-refractivity contribution in [3.05, 3.63) is 42.2 Å². The molecule has 2 aromatic rings. The quantitative estimate of drug-likeness (QED) is 0.790. The van der Waals surface area contributed by atoms with Crippen LogP contribution in [-0.4, -0.2) is 56.3 Å². The van der Waals surface area contributed by atoms with Gasteiger partial charge in [0.1, 0.15) is 0 Å². The van der Waals surface area contributed by atoms with Crippen LogP contribution in [0.5, 0.6) is 5.88 Å². The first-order valence-corrected chi connectivity index (χ1v) is 7.76. The number of hydrogen-bond acceptors (Lipinski definition) is 7. The monoisotopic (exact) mass is 328 g/mol. The fourth-order valence-electron chi connectivity index (χ4n) is 2.78. The average molecular weight is 328 g/mol. The molecular weight excluding hydrogens is 308 g/mol. The van der Waals surface area contributed by atoms with Gasteiger partial charge in [0.2, 0.25) is 0 Å². The van der Waals surface area contributed by atoms with Crippen molar-refractivity contribution in [3.8, 4) is 5.88 Å². The summed E-state index contributed by atoms with van der Waals surface area (Å²) in [7, 11) is 2.99. The molecule has 0 amide bonds. The normalized spacial score (nSPS) is 14.4. The van der Waals surface area contributed by atoms with Gasteiger partial charge in [0.25, 0.3) is 5.88 Å². The van der Waals surface area contributed by atoms with Crippen LogP contribution in [0, 0.1) is 0 Å². The summed E-state index contributed by atoms with van der Waals surface area (Å²) < 4.78 is 10.0. The zero-order valence-corrected chi connectivity index (χ0v) is 13.8. The predicted octanol–water partition coefficient (Wildman–Crippen LogP) is 1.60. The van der Waals surface area contributed by atoms with Gasteiger partial charge >= 0.3 is 5.97 Å². The van der Waals surface area contributed by atoms with Crippen LogP contribution in [-0.2, 0) is 4.74 Å². The van der Waals surface area contributed by atoms with Crippen LogP contribution in [0.1, 0.15) is 10.4 Å². The van der Waals surface area contributed by atoms with Crippen molar-refractivity contribution < 1.29 is 14.3 Å². The Morgan fingerprint density at radius 1 is 0.958 bits per heavy atom. The van der Waals surface area contributed by atoms with E-state index in [0.29, 0.717) is 11.4 Å². The molecule has 0 saturated carbocycles. The van der Waals surface area contributed by atoms with Crippen molar-refractivity contribution in [2.24, 2.45) is 0 Å². The summed E-state index contributed by atoms with van der Waals surface area (Å²) >= 11 is 0. The molecule has 0 spiro atoms. The van der Waals surface area contributed by atoms with E-state index in [0.717, 1.165) is 37.7 Å². The minimum Gasteiger partial charge on any atom is -0.478 e. The van der Waals surface area contributed by atoms with Crippen LogP contribution in [0.25, 0.3) is 0 Å². The second kappa shape index (κ2) is 7.16. The first-order valence-electron chi connectivity index (χ1n) is 7.76. The molecule has 0 bridgehead atoms. The van der Waals surface area contributed by atoms with Crippen molar-refractivity contribution in [2.75, 3.05) is 50.2 Å². The summed E-state index contributed by atoms with van der Waals surface area (Å²) in [4.78, 5) is 24.5. The summed E-state index contributed by atoms with van der Waals surface area (Å²) in [6.07, 6.45) is 3.30. The van der Waals surface area contributed by atoms with Gasteiger partial charge in [-0.05, 0) is 24.3 Å². The average Bonchev–Trinajstić information content (AvgIpc) is 2.67. The van der Waals surface area contributed by atoms with Crippen molar-refractivity contribution >= 4 is 17.5 Å². The lowest BCUT2D eigenvalue weighted by molar-refractivity contribution is 0.0601. The number of anilines is 2. The molecule has 3 rings (SSSR count). The maximum absolute atomic E-state index is 11.5.